The van der Waals surface area contributed by atoms with Gasteiger partial charge < -0.3 is 10.3 Å². The zero-order valence-electron chi connectivity index (χ0n) is 13.7. The number of nitrogens with one attached hydrogen (secondary N) is 2. The molecule has 2 N–H and O–H groups in total. The first kappa shape index (κ1) is 15.0. The number of nitrogens with zero attached hydrogens (tertiary/aromatic N) is 2. The summed E-state index contributed by atoms with van der Waals surface area (Å²) in [5.74, 6) is 0.0368. The van der Waals surface area contributed by atoms with E-state index in [1.54, 1.807) is 23.7 Å². The third-order valence-electron chi connectivity index (χ3n) is 4.43. The second kappa shape index (κ2) is 5.93. The van der Waals surface area contributed by atoms with Gasteiger partial charge in [0.25, 0.3) is 5.91 Å². The Hall–Kier alpha value is -3.25. The number of fused-ring (bicyclic) bond motifs is 2. The molecule has 2 aromatic heterocycles. The van der Waals surface area contributed by atoms with E-state index in [1.165, 1.54) is 20.5 Å². The molecule has 3 heterocycles. The number of thiophene rings is 1. The SMILES string of the molecule is O=C(Nc1cc2c(c(-c3cc4ccccc4s3)c1)CN=C2)c1ncc[nH]1. The van der Waals surface area contributed by atoms with Crippen LogP contribution in [-0.2, 0) is 6.54 Å². The van der Waals surface area contributed by atoms with Crippen molar-refractivity contribution in [2.75, 3.05) is 5.32 Å². The zero-order chi connectivity index (χ0) is 17.5. The highest BCUT2D eigenvalue weighted by Crippen LogP contribution is 2.39. The van der Waals surface area contributed by atoms with Gasteiger partial charge in [0.2, 0.25) is 0 Å². The number of carbonyl (C=O) groups excluding carboxylic acids is 1. The molecule has 2 aromatic carbocycles. The van der Waals surface area contributed by atoms with E-state index in [-0.39, 0.29) is 5.91 Å². The summed E-state index contributed by atoms with van der Waals surface area (Å²) < 4.78 is 1.25. The highest BCUT2D eigenvalue weighted by atomic mass is 32.1. The van der Waals surface area contributed by atoms with Crippen LogP contribution in [-0.4, -0.2) is 22.1 Å². The van der Waals surface area contributed by atoms with E-state index in [4.69, 9.17) is 0 Å². The molecule has 0 saturated heterocycles. The van der Waals surface area contributed by atoms with Crippen molar-refractivity contribution in [2.45, 2.75) is 6.54 Å². The van der Waals surface area contributed by atoms with Crippen LogP contribution in [0.5, 0.6) is 0 Å². The van der Waals surface area contributed by atoms with Crippen molar-refractivity contribution in [1.29, 1.82) is 0 Å². The molecule has 0 spiro atoms. The van der Waals surface area contributed by atoms with E-state index in [9.17, 15) is 4.79 Å². The summed E-state index contributed by atoms with van der Waals surface area (Å²) in [5.41, 5.74) is 4.11. The van der Waals surface area contributed by atoms with Gasteiger partial charge in [-0.3, -0.25) is 9.79 Å². The van der Waals surface area contributed by atoms with Crippen molar-refractivity contribution in [3.05, 3.63) is 71.8 Å². The van der Waals surface area contributed by atoms with E-state index in [2.05, 4.69) is 44.5 Å². The number of aliphatic imine (C=N–C) groups is 1. The van der Waals surface area contributed by atoms with Gasteiger partial charge in [-0.25, -0.2) is 4.98 Å². The molecule has 0 bridgehead atoms. The highest BCUT2D eigenvalue weighted by molar-refractivity contribution is 7.22. The van der Waals surface area contributed by atoms with Gasteiger partial charge in [0.1, 0.15) is 0 Å². The maximum absolute atomic E-state index is 12.3. The van der Waals surface area contributed by atoms with Crippen LogP contribution >= 0.6 is 11.3 Å². The standard InChI is InChI=1S/C20H14N4OS/c25-20(19-22-5-6-23-19)24-14-7-13-10-21-11-16(13)15(9-14)18-8-12-3-1-2-4-17(12)26-18/h1-10H,11H2,(H,22,23)(H,24,25). The Balaban J connectivity index is 1.59. The Morgan fingerprint density at radius 3 is 2.96 bits per heavy atom. The topological polar surface area (TPSA) is 70.1 Å². The van der Waals surface area contributed by atoms with Crippen molar-refractivity contribution >= 4 is 39.2 Å². The number of amides is 1. The molecule has 0 saturated carbocycles. The fraction of sp³-hybridized carbons (Fsp3) is 0.0500. The van der Waals surface area contributed by atoms with Gasteiger partial charge in [-0.2, -0.15) is 0 Å². The predicted molar refractivity (Wildman–Crippen MR) is 105 cm³/mol. The Morgan fingerprint density at radius 2 is 2.12 bits per heavy atom. The summed E-state index contributed by atoms with van der Waals surface area (Å²) in [6.07, 6.45) is 5.06. The molecule has 5 rings (SSSR count). The minimum Gasteiger partial charge on any atom is -0.341 e. The lowest BCUT2D eigenvalue weighted by Gasteiger charge is -2.10. The number of H-pyrrole nitrogens is 1. The number of hydrogen-bond donors (Lipinski definition) is 2. The van der Waals surface area contributed by atoms with E-state index in [0.717, 1.165) is 16.8 Å². The zero-order valence-corrected chi connectivity index (χ0v) is 14.5. The monoisotopic (exact) mass is 358 g/mol. The fourth-order valence-electron chi connectivity index (χ4n) is 3.21. The lowest BCUT2D eigenvalue weighted by molar-refractivity contribution is 0.101. The van der Waals surface area contributed by atoms with Gasteiger partial charge in [-0.05, 0) is 40.8 Å². The Labute approximate surface area is 153 Å². The molecule has 4 aromatic rings. The maximum atomic E-state index is 12.3. The minimum atomic E-state index is -0.257. The first-order valence-corrected chi connectivity index (χ1v) is 9.06. The number of rotatable bonds is 3. The van der Waals surface area contributed by atoms with Crippen LogP contribution in [0, 0.1) is 0 Å². The first-order chi connectivity index (χ1) is 12.8. The van der Waals surface area contributed by atoms with Gasteiger partial charge in [0.05, 0.1) is 6.54 Å². The second-order valence-corrected chi connectivity index (χ2v) is 7.19. The van der Waals surface area contributed by atoms with E-state index < -0.39 is 0 Å². The number of carbonyl (C=O) groups is 1. The number of aromatic nitrogens is 2. The Bertz CT molecular complexity index is 1120. The molecule has 1 aliphatic rings. The summed E-state index contributed by atoms with van der Waals surface area (Å²) in [5, 5.41) is 4.16. The molecular formula is C20H14N4OS. The summed E-state index contributed by atoms with van der Waals surface area (Å²) in [4.78, 5) is 24.7. The third kappa shape index (κ3) is 2.51. The first-order valence-electron chi connectivity index (χ1n) is 8.24. The molecule has 5 nitrogen and oxygen atoms in total. The normalized spacial score (nSPS) is 12.5. The Morgan fingerprint density at radius 1 is 1.19 bits per heavy atom. The Kier molecular flexibility index (Phi) is 3.43. The second-order valence-electron chi connectivity index (χ2n) is 6.10. The number of aromatic amines is 1. The largest absolute Gasteiger partial charge is 0.341 e. The van der Waals surface area contributed by atoms with Crippen LogP contribution in [0.1, 0.15) is 21.7 Å². The van der Waals surface area contributed by atoms with Crippen molar-refractivity contribution in [3.8, 4) is 10.4 Å². The van der Waals surface area contributed by atoms with Crippen molar-refractivity contribution in [3.63, 3.8) is 0 Å². The average Bonchev–Trinajstić information content (AvgIpc) is 3.39. The van der Waals surface area contributed by atoms with Crippen LogP contribution in [0.15, 0.2) is 59.9 Å². The molecule has 1 amide bonds. The smallest absolute Gasteiger partial charge is 0.291 e. The van der Waals surface area contributed by atoms with Gasteiger partial charge in [-0.1, -0.05) is 18.2 Å². The van der Waals surface area contributed by atoms with E-state index in [0.29, 0.717) is 12.4 Å². The molecule has 0 aliphatic carbocycles. The average molecular weight is 358 g/mol. The summed E-state index contributed by atoms with van der Waals surface area (Å²) in [6.45, 7) is 0.672. The van der Waals surface area contributed by atoms with Crippen LogP contribution < -0.4 is 5.32 Å². The van der Waals surface area contributed by atoms with Gasteiger partial charge in [0.15, 0.2) is 5.82 Å². The van der Waals surface area contributed by atoms with Crippen molar-refractivity contribution in [2.24, 2.45) is 4.99 Å². The maximum Gasteiger partial charge on any atom is 0.291 e. The third-order valence-corrected chi connectivity index (χ3v) is 5.58. The minimum absolute atomic E-state index is 0.257. The molecule has 0 atom stereocenters. The lowest BCUT2D eigenvalue weighted by Crippen LogP contribution is -2.14. The molecular weight excluding hydrogens is 344 g/mol. The summed E-state index contributed by atoms with van der Waals surface area (Å²) in [6, 6.07) is 14.5. The van der Waals surface area contributed by atoms with E-state index in [1.807, 2.05) is 24.4 Å². The van der Waals surface area contributed by atoms with Gasteiger partial charge >= 0.3 is 0 Å². The quantitative estimate of drug-likeness (QED) is 0.567. The number of benzene rings is 2. The fourth-order valence-corrected chi connectivity index (χ4v) is 4.31. The molecule has 0 radical (unpaired) electrons. The van der Waals surface area contributed by atoms with Crippen LogP contribution in [0.4, 0.5) is 5.69 Å². The summed E-state index contributed by atoms with van der Waals surface area (Å²) >= 11 is 1.75. The summed E-state index contributed by atoms with van der Waals surface area (Å²) in [7, 11) is 0. The van der Waals surface area contributed by atoms with Gasteiger partial charge in [-0.15, -0.1) is 11.3 Å². The molecule has 0 unspecified atom stereocenters. The van der Waals surface area contributed by atoms with Crippen molar-refractivity contribution in [1.82, 2.24) is 9.97 Å². The number of imidazole rings is 1. The molecule has 26 heavy (non-hydrogen) atoms. The molecule has 6 heteroatoms. The lowest BCUT2D eigenvalue weighted by atomic mass is 10.0. The van der Waals surface area contributed by atoms with E-state index >= 15 is 0 Å². The number of hydrogen-bond acceptors (Lipinski definition) is 4. The molecule has 126 valence electrons. The molecule has 0 fully saturated rings. The van der Waals surface area contributed by atoms with Gasteiger partial charge in [0, 0.05) is 39.4 Å². The van der Waals surface area contributed by atoms with Crippen LogP contribution in [0.25, 0.3) is 20.5 Å². The predicted octanol–water partition coefficient (Wildman–Crippen LogP) is 4.48. The van der Waals surface area contributed by atoms with Crippen LogP contribution in [0.2, 0.25) is 0 Å². The van der Waals surface area contributed by atoms with Crippen LogP contribution in [0.3, 0.4) is 0 Å². The van der Waals surface area contributed by atoms with Crippen molar-refractivity contribution < 1.29 is 4.79 Å². The number of anilines is 1. The highest BCUT2D eigenvalue weighted by Gasteiger charge is 2.18. The molecule has 1 aliphatic heterocycles.